The van der Waals surface area contributed by atoms with Crippen molar-refractivity contribution in [3.8, 4) is 0 Å². The van der Waals surface area contributed by atoms with Gasteiger partial charge in [0.05, 0.1) is 0 Å². The number of nitrogens with one attached hydrogen (secondary N) is 2. The molecule has 2 nitrogen and oxygen atoms in total. The Morgan fingerprint density at radius 2 is 1.92 bits per heavy atom. The molecule has 0 aliphatic carbocycles. The van der Waals surface area contributed by atoms with Crippen LogP contribution in [0.1, 0.15) is 12.8 Å². The minimum absolute atomic E-state index is 0.812. The molecule has 0 atom stereocenters. The van der Waals surface area contributed by atoms with Crippen LogP contribution in [0.5, 0.6) is 0 Å². The molecule has 2 heteroatoms. The largest absolute Gasteiger partial charge is 0.362 e. The average molecular weight is 174 g/mol. The van der Waals surface area contributed by atoms with E-state index in [1.165, 1.54) is 6.21 Å². The fourth-order valence-corrected chi connectivity index (χ4v) is 0.952. The van der Waals surface area contributed by atoms with Crippen molar-refractivity contribution in [2.45, 2.75) is 12.8 Å². The molecule has 0 bridgehead atoms. The van der Waals surface area contributed by atoms with Crippen LogP contribution in [0.2, 0.25) is 0 Å². The molecule has 0 heterocycles. The molecule has 0 spiro atoms. The van der Waals surface area contributed by atoms with Crippen molar-refractivity contribution in [2.75, 3.05) is 5.32 Å². The van der Waals surface area contributed by atoms with E-state index in [0.717, 1.165) is 18.5 Å². The third-order valence-electron chi connectivity index (χ3n) is 1.62. The quantitative estimate of drug-likeness (QED) is 0.522. The summed E-state index contributed by atoms with van der Waals surface area (Å²) >= 11 is 0. The molecule has 0 aromatic heterocycles. The fraction of sp³-hybridized carbons (Fsp3) is 0.182. The van der Waals surface area contributed by atoms with Gasteiger partial charge in [-0.15, -0.1) is 0 Å². The summed E-state index contributed by atoms with van der Waals surface area (Å²) in [7, 11) is 0. The summed E-state index contributed by atoms with van der Waals surface area (Å²) in [4.78, 5) is 0. The molecule has 0 aliphatic heterocycles. The summed E-state index contributed by atoms with van der Waals surface area (Å²) in [6, 6.07) is 10.0. The van der Waals surface area contributed by atoms with Crippen molar-refractivity contribution in [3.63, 3.8) is 0 Å². The lowest BCUT2D eigenvalue weighted by Crippen LogP contribution is -1.85. The SMILES string of the molecule is N=CCC/C=C/Nc1ccccc1. The second kappa shape index (κ2) is 6.00. The highest BCUT2D eigenvalue weighted by molar-refractivity contribution is 5.53. The maximum Gasteiger partial charge on any atom is 0.0379 e. The fourth-order valence-electron chi connectivity index (χ4n) is 0.952. The minimum Gasteiger partial charge on any atom is -0.362 e. The first-order valence-corrected chi connectivity index (χ1v) is 4.39. The molecular weight excluding hydrogens is 160 g/mol. The maximum atomic E-state index is 6.82. The van der Waals surface area contributed by atoms with Crippen LogP contribution < -0.4 is 5.32 Å². The van der Waals surface area contributed by atoms with E-state index in [0.29, 0.717) is 0 Å². The van der Waals surface area contributed by atoms with E-state index in [4.69, 9.17) is 5.41 Å². The zero-order chi connectivity index (χ0) is 9.36. The van der Waals surface area contributed by atoms with Gasteiger partial charge in [-0.2, -0.15) is 0 Å². The topological polar surface area (TPSA) is 35.9 Å². The van der Waals surface area contributed by atoms with Gasteiger partial charge in [0.1, 0.15) is 0 Å². The number of anilines is 1. The van der Waals surface area contributed by atoms with Crippen LogP contribution in [0.25, 0.3) is 0 Å². The van der Waals surface area contributed by atoms with Crippen molar-refractivity contribution in [1.82, 2.24) is 0 Å². The molecule has 0 radical (unpaired) electrons. The average Bonchev–Trinajstić information content (AvgIpc) is 2.19. The Bertz CT molecular complexity index is 265. The molecule has 0 unspecified atom stereocenters. The van der Waals surface area contributed by atoms with Gasteiger partial charge in [-0.1, -0.05) is 24.3 Å². The van der Waals surface area contributed by atoms with Crippen LogP contribution in [0.15, 0.2) is 42.6 Å². The van der Waals surface area contributed by atoms with E-state index in [1.54, 1.807) is 0 Å². The Labute approximate surface area is 78.8 Å². The van der Waals surface area contributed by atoms with Gasteiger partial charge in [0.2, 0.25) is 0 Å². The van der Waals surface area contributed by atoms with Crippen LogP contribution in [0.4, 0.5) is 5.69 Å². The highest BCUT2D eigenvalue weighted by atomic mass is 14.8. The first kappa shape index (κ1) is 9.52. The van der Waals surface area contributed by atoms with E-state index >= 15 is 0 Å². The van der Waals surface area contributed by atoms with Crippen molar-refractivity contribution in [1.29, 1.82) is 5.41 Å². The van der Waals surface area contributed by atoms with E-state index in [-0.39, 0.29) is 0 Å². The van der Waals surface area contributed by atoms with E-state index in [9.17, 15) is 0 Å². The van der Waals surface area contributed by atoms with Gasteiger partial charge >= 0.3 is 0 Å². The summed E-state index contributed by atoms with van der Waals surface area (Å²) in [5.74, 6) is 0. The number of para-hydroxylation sites is 1. The number of benzene rings is 1. The number of rotatable bonds is 5. The highest BCUT2D eigenvalue weighted by Crippen LogP contribution is 2.04. The second-order valence-corrected chi connectivity index (χ2v) is 2.69. The molecule has 2 N–H and O–H groups in total. The molecule has 1 aromatic carbocycles. The maximum absolute atomic E-state index is 6.82. The summed E-state index contributed by atoms with van der Waals surface area (Å²) in [6.45, 7) is 0. The Balaban J connectivity index is 2.26. The second-order valence-electron chi connectivity index (χ2n) is 2.69. The number of allylic oxidation sites excluding steroid dienone is 1. The van der Waals surface area contributed by atoms with Crippen LogP contribution >= 0.6 is 0 Å². The van der Waals surface area contributed by atoms with Crippen molar-refractivity contribution in [2.24, 2.45) is 0 Å². The lowest BCUT2D eigenvalue weighted by molar-refractivity contribution is 1.11. The molecule has 1 aromatic rings. The predicted molar refractivity (Wildman–Crippen MR) is 57.2 cm³/mol. The summed E-state index contributed by atoms with van der Waals surface area (Å²) in [5.41, 5.74) is 1.09. The van der Waals surface area contributed by atoms with Crippen molar-refractivity contribution in [3.05, 3.63) is 42.6 Å². The van der Waals surface area contributed by atoms with Crippen LogP contribution in [-0.2, 0) is 0 Å². The number of hydrogen-bond acceptors (Lipinski definition) is 2. The zero-order valence-electron chi connectivity index (χ0n) is 7.53. The highest BCUT2D eigenvalue weighted by Gasteiger charge is 1.82. The van der Waals surface area contributed by atoms with Gasteiger partial charge < -0.3 is 10.7 Å². The molecular formula is C11H14N2. The third kappa shape index (κ3) is 4.11. The van der Waals surface area contributed by atoms with Crippen molar-refractivity contribution >= 4 is 11.9 Å². The van der Waals surface area contributed by atoms with E-state index < -0.39 is 0 Å². The van der Waals surface area contributed by atoms with Gasteiger partial charge in [0, 0.05) is 5.69 Å². The van der Waals surface area contributed by atoms with E-state index in [1.807, 2.05) is 42.6 Å². The Morgan fingerprint density at radius 1 is 1.15 bits per heavy atom. The molecule has 0 amide bonds. The normalized spacial score (nSPS) is 10.2. The van der Waals surface area contributed by atoms with Gasteiger partial charge in [0.25, 0.3) is 0 Å². The van der Waals surface area contributed by atoms with Gasteiger partial charge in [-0.25, -0.2) is 0 Å². The van der Waals surface area contributed by atoms with E-state index in [2.05, 4.69) is 5.32 Å². The molecule has 68 valence electrons. The Hall–Kier alpha value is -1.57. The lowest BCUT2D eigenvalue weighted by atomic mass is 10.3. The predicted octanol–water partition coefficient (Wildman–Crippen LogP) is 3.04. The zero-order valence-corrected chi connectivity index (χ0v) is 7.53. The molecule has 0 saturated heterocycles. The van der Waals surface area contributed by atoms with Crippen LogP contribution in [-0.4, -0.2) is 6.21 Å². The molecule has 0 fully saturated rings. The smallest absolute Gasteiger partial charge is 0.0379 e. The molecule has 0 aliphatic rings. The Morgan fingerprint density at radius 3 is 2.62 bits per heavy atom. The van der Waals surface area contributed by atoms with Crippen LogP contribution in [0, 0.1) is 5.41 Å². The number of unbranched alkanes of at least 4 members (excludes halogenated alkanes) is 1. The summed E-state index contributed by atoms with van der Waals surface area (Å²) in [6.07, 6.45) is 7.10. The van der Waals surface area contributed by atoms with Gasteiger partial charge in [-0.3, -0.25) is 0 Å². The number of hydrogen-bond donors (Lipinski definition) is 2. The van der Waals surface area contributed by atoms with Gasteiger partial charge in [-0.05, 0) is 37.4 Å². The first-order valence-electron chi connectivity index (χ1n) is 4.39. The van der Waals surface area contributed by atoms with Crippen molar-refractivity contribution < 1.29 is 0 Å². The lowest BCUT2D eigenvalue weighted by Gasteiger charge is -1.97. The summed E-state index contributed by atoms with van der Waals surface area (Å²) in [5, 5.41) is 9.97. The standard InChI is InChI=1S/C11H14N2/c12-9-5-2-6-10-13-11-7-3-1-4-8-11/h1,3-4,6-10,12-13H,2,5H2/b10-6+,12-9?. The molecule has 0 saturated carbocycles. The van der Waals surface area contributed by atoms with Crippen LogP contribution in [0.3, 0.4) is 0 Å². The first-order chi connectivity index (χ1) is 6.43. The summed E-state index contributed by atoms with van der Waals surface area (Å²) < 4.78 is 0. The Kier molecular flexibility index (Phi) is 4.39. The molecule has 1 rings (SSSR count). The monoisotopic (exact) mass is 174 g/mol. The minimum atomic E-state index is 0.812. The molecule has 13 heavy (non-hydrogen) atoms. The third-order valence-corrected chi connectivity index (χ3v) is 1.62. The van der Waals surface area contributed by atoms with Gasteiger partial charge in [0.15, 0.2) is 0 Å².